The first-order chi connectivity index (χ1) is 7.63. The van der Waals surface area contributed by atoms with Crippen LogP contribution < -0.4 is 5.48 Å². The van der Waals surface area contributed by atoms with Crippen molar-refractivity contribution >= 4 is 12.1 Å². The molecule has 1 aromatic carbocycles. The fourth-order valence-corrected chi connectivity index (χ4v) is 0.997. The molecule has 0 heterocycles. The van der Waals surface area contributed by atoms with E-state index >= 15 is 0 Å². The van der Waals surface area contributed by atoms with E-state index in [1.54, 1.807) is 31.2 Å². The molecule has 0 aliphatic rings. The molecular formula is C11H13NO4. The minimum atomic E-state index is -0.789. The van der Waals surface area contributed by atoms with Gasteiger partial charge < -0.3 is 9.57 Å². The number of carbonyl (C=O) groups excluding carboxylic acids is 2. The lowest BCUT2D eigenvalue weighted by molar-refractivity contribution is 0.0215. The molecule has 1 N–H and O–H groups in total. The Hall–Kier alpha value is -2.04. The number of aryl methyl sites for hydroxylation is 1. The molecule has 0 aromatic heterocycles. The summed E-state index contributed by atoms with van der Waals surface area (Å²) in [7, 11) is 0. The van der Waals surface area contributed by atoms with Crippen LogP contribution in [0.25, 0.3) is 0 Å². The highest BCUT2D eigenvalue weighted by molar-refractivity contribution is 5.89. The third kappa shape index (κ3) is 3.61. The summed E-state index contributed by atoms with van der Waals surface area (Å²) in [6, 6.07) is 6.79. The number of amides is 1. The van der Waals surface area contributed by atoms with E-state index in [4.69, 9.17) is 0 Å². The number of hydrogen-bond acceptors (Lipinski definition) is 4. The highest BCUT2D eigenvalue weighted by atomic mass is 16.7. The van der Waals surface area contributed by atoms with E-state index in [0.29, 0.717) is 5.56 Å². The standard InChI is InChI=1S/C11H13NO4/c1-3-15-11(14)12-16-10(13)9-6-4-8(2)5-7-9/h4-7H,3H2,1-2H3,(H,12,14). The summed E-state index contributed by atoms with van der Waals surface area (Å²) >= 11 is 0. The van der Waals surface area contributed by atoms with Crippen LogP contribution in [0, 0.1) is 6.92 Å². The zero-order valence-corrected chi connectivity index (χ0v) is 9.15. The van der Waals surface area contributed by atoms with E-state index in [2.05, 4.69) is 9.57 Å². The molecule has 0 aliphatic heterocycles. The SMILES string of the molecule is CCOC(=O)NOC(=O)c1ccc(C)cc1. The van der Waals surface area contributed by atoms with Gasteiger partial charge in [-0.05, 0) is 26.0 Å². The summed E-state index contributed by atoms with van der Waals surface area (Å²) in [5.74, 6) is -0.631. The Morgan fingerprint density at radius 1 is 1.25 bits per heavy atom. The molecule has 1 rings (SSSR count). The second-order valence-corrected chi connectivity index (χ2v) is 3.08. The number of hydroxylamine groups is 1. The van der Waals surface area contributed by atoms with Gasteiger partial charge in [-0.2, -0.15) is 0 Å². The Kier molecular flexibility index (Phi) is 4.32. The summed E-state index contributed by atoms with van der Waals surface area (Å²) in [5, 5.41) is 0. The van der Waals surface area contributed by atoms with Gasteiger partial charge in [-0.3, -0.25) is 0 Å². The van der Waals surface area contributed by atoms with Crippen LogP contribution in [0.3, 0.4) is 0 Å². The van der Waals surface area contributed by atoms with Crippen molar-refractivity contribution in [3.63, 3.8) is 0 Å². The van der Waals surface area contributed by atoms with Crippen LogP contribution in [0.2, 0.25) is 0 Å². The lowest BCUT2D eigenvalue weighted by Crippen LogP contribution is -2.27. The maximum absolute atomic E-state index is 11.4. The molecule has 1 aromatic rings. The van der Waals surface area contributed by atoms with Crippen molar-refractivity contribution in [2.24, 2.45) is 0 Å². The number of hydrogen-bond donors (Lipinski definition) is 1. The third-order valence-electron chi connectivity index (χ3n) is 1.79. The molecule has 5 heteroatoms. The average Bonchev–Trinajstić information content (AvgIpc) is 2.27. The molecule has 16 heavy (non-hydrogen) atoms. The summed E-state index contributed by atoms with van der Waals surface area (Å²) in [5.41, 5.74) is 3.29. The fraction of sp³-hybridized carbons (Fsp3) is 0.273. The monoisotopic (exact) mass is 223 g/mol. The third-order valence-corrected chi connectivity index (χ3v) is 1.79. The van der Waals surface area contributed by atoms with Crippen molar-refractivity contribution in [3.05, 3.63) is 35.4 Å². The minimum Gasteiger partial charge on any atom is -0.448 e. The zero-order valence-electron chi connectivity index (χ0n) is 9.15. The van der Waals surface area contributed by atoms with Gasteiger partial charge in [0.2, 0.25) is 0 Å². The van der Waals surface area contributed by atoms with E-state index in [9.17, 15) is 9.59 Å². The molecule has 0 aliphatic carbocycles. The second-order valence-electron chi connectivity index (χ2n) is 3.08. The van der Waals surface area contributed by atoms with Crippen molar-refractivity contribution in [2.75, 3.05) is 6.61 Å². The number of carbonyl (C=O) groups is 2. The normalized spacial score (nSPS) is 9.38. The Morgan fingerprint density at radius 3 is 2.44 bits per heavy atom. The Morgan fingerprint density at radius 2 is 1.88 bits per heavy atom. The molecule has 0 bridgehead atoms. The number of rotatable bonds is 2. The van der Waals surface area contributed by atoms with Crippen LogP contribution in [0.5, 0.6) is 0 Å². The number of ether oxygens (including phenoxy) is 1. The largest absolute Gasteiger partial charge is 0.448 e. The molecule has 86 valence electrons. The van der Waals surface area contributed by atoms with Crippen molar-refractivity contribution in [1.29, 1.82) is 0 Å². The van der Waals surface area contributed by atoms with Gasteiger partial charge in [0.15, 0.2) is 0 Å². The molecular weight excluding hydrogens is 210 g/mol. The maximum Gasteiger partial charge on any atom is 0.440 e. The van der Waals surface area contributed by atoms with Crippen LogP contribution in [-0.4, -0.2) is 18.7 Å². The van der Waals surface area contributed by atoms with Crippen molar-refractivity contribution < 1.29 is 19.2 Å². The predicted octanol–water partition coefficient (Wildman–Crippen LogP) is 1.81. The molecule has 0 spiro atoms. The second kappa shape index (κ2) is 5.75. The first-order valence-corrected chi connectivity index (χ1v) is 4.84. The van der Waals surface area contributed by atoms with Crippen LogP contribution in [-0.2, 0) is 9.57 Å². The molecule has 0 saturated heterocycles. The summed E-state index contributed by atoms with van der Waals surface area (Å²) in [6.45, 7) is 3.78. The van der Waals surface area contributed by atoms with Gasteiger partial charge in [0.05, 0.1) is 12.2 Å². The summed E-state index contributed by atoms with van der Waals surface area (Å²) < 4.78 is 4.52. The Balaban J connectivity index is 2.47. The van der Waals surface area contributed by atoms with Gasteiger partial charge in [-0.25, -0.2) is 9.59 Å². The smallest absolute Gasteiger partial charge is 0.440 e. The predicted molar refractivity (Wildman–Crippen MR) is 56.8 cm³/mol. The molecule has 0 saturated carbocycles. The van der Waals surface area contributed by atoms with Crippen molar-refractivity contribution in [1.82, 2.24) is 5.48 Å². The Bertz CT molecular complexity index is 372. The molecule has 5 nitrogen and oxygen atoms in total. The van der Waals surface area contributed by atoms with Gasteiger partial charge in [0.1, 0.15) is 0 Å². The summed E-state index contributed by atoms with van der Waals surface area (Å²) in [6.07, 6.45) is -0.789. The van der Waals surface area contributed by atoms with Crippen molar-refractivity contribution in [2.45, 2.75) is 13.8 Å². The van der Waals surface area contributed by atoms with Crippen LogP contribution in [0.15, 0.2) is 24.3 Å². The lowest BCUT2D eigenvalue weighted by atomic mass is 10.2. The highest BCUT2D eigenvalue weighted by Crippen LogP contribution is 2.03. The number of nitrogens with one attached hydrogen (secondary N) is 1. The molecule has 0 atom stereocenters. The van der Waals surface area contributed by atoms with E-state index in [1.807, 2.05) is 12.4 Å². The Labute approximate surface area is 93.3 Å². The van der Waals surface area contributed by atoms with Gasteiger partial charge in [0, 0.05) is 0 Å². The fourth-order valence-electron chi connectivity index (χ4n) is 0.997. The molecule has 0 radical (unpaired) electrons. The maximum atomic E-state index is 11.4. The van der Waals surface area contributed by atoms with E-state index in [1.165, 1.54) is 0 Å². The number of benzene rings is 1. The first-order valence-electron chi connectivity index (χ1n) is 4.84. The van der Waals surface area contributed by atoms with Crippen LogP contribution in [0.4, 0.5) is 4.79 Å². The van der Waals surface area contributed by atoms with Crippen LogP contribution in [0.1, 0.15) is 22.8 Å². The van der Waals surface area contributed by atoms with Crippen LogP contribution >= 0.6 is 0 Å². The summed E-state index contributed by atoms with van der Waals surface area (Å²) in [4.78, 5) is 26.7. The quantitative estimate of drug-likeness (QED) is 0.776. The average molecular weight is 223 g/mol. The van der Waals surface area contributed by atoms with Gasteiger partial charge in [-0.1, -0.05) is 17.7 Å². The van der Waals surface area contributed by atoms with Gasteiger partial charge >= 0.3 is 12.1 Å². The highest BCUT2D eigenvalue weighted by Gasteiger charge is 2.09. The van der Waals surface area contributed by atoms with E-state index in [-0.39, 0.29) is 6.61 Å². The van der Waals surface area contributed by atoms with Gasteiger partial charge in [0.25, 0.3) is 0 Å². The molecule has 0 fully saturated rings. The van der Waals surface area contributed by atoms with E-state index < -0.39 is 12.1 Å². The topological polar surface area (TPSA) is 64.6 Å². The lowest BCUT2D eigenvalue weighted by Gasteiger charge is -2.05. The van der Waals surface area contributed by atoms with Crippen molar-refractivity contribution in [3.8, 4) is 0 Å². The molecule has 1 amide bonds. The zero-order chi connectivity index (χ0) is 12.0. The van der Waals surface area contributed by atoms with Gasteiger partial charge in [-0.15, -0.1) is 5.48 Å². The van der Waals surface area contributed by atoms with E-state index in [0.717, 1.165) is 5.56 Å². The minimum absolute atomic E-state index is 0.216. The first kappa shape index (κ1) is 12.0. The molecule has 0 unspecified atom stereocenters.